The second-order valence-corrected chi connectivity index (χ2v) is 4.71. The van der Waals surface area contributed by atoms with E-state index in [1.54, 1.807) is 0 Å². The Kier molecular flexibility index (Phi) is 3.78. The van der Waals surface area contributed by atoms with Crippen molar-refractivity contribution in [2.24, 2.45) is 10.6 Å². The first-order valence-corrected chi connectivity index (χ1v) is 5.80. The van der Waals surface area contributed by atoms with Gasteiger partial charge < -0.3 is 0 Å². The molecule has 0 saturated carbocycles. The average molecular weight is 220 g/mol. The molecule has 0 fully saturated rings. The van der Waals surface area contributed by atoms with Gasteiger partial charge in [-0.25, -0.2) is 0 Å². The molecule has 0 aromatic carbocycles. The van der Waals surface area contributed by atoms with Crippen LogP contribution in [0.1, 0.15) is 26.2 Å². The maximum Gasteiger partial charge on any atom is 0.0988 e. The number of rotatable bonds is 3. The third-order valence-electron chi connectivity index (χ3n) is 2.98. The highest BCUT2D eigenvalue weighted by Gasteiger charge is 2.33. The molecule has 0 aromatic heterocycles. The summed E-state index contributed by atoms with van der Waals surface area (Å²) in [5.74, 6) is 0. The summed E-state index contributed by atoms with van der Waals surface area (Å²) in [4.78, 5) is 1.08. The molecule has 0 amide bonds. The Morgan fingerprint density at radius 3 is 2.87 bits per heavy atom. The lowest BCUT2D eigenvalue weighted by atomic mass is 9.71. The minimum absolute atomic E-state index is 0.146. The van der Waals surface area contributed by atoms with Gasteiger partial charge in [-0.05, 0) is 24.8 Å². The monoisotopic (exact) mass is 220 g/mol. The third-order valence-corrected chi connectivity index (χ3v) is 3.67. The Labute approximate surface area is 95.7 Å². The molecule has 1 aliphatic carbocycles. The molecule has 2 nitrogen and oxygen atoms in total. The van der Waals surface area contributed by atoms with Gasteiger partial charge in [0.25, 0.3) is 0 Å². The van der Waals surface area contributed by atoms with E-state index in [0.717, 1.165) is 29.7 Å². The highest BCUT2D eigenvalue weighted by molar-refractivity contribution is 8.00. The van der Waals surface area contributed by atoms with E-state index >= 15 is 0 Å². The van der Waals surface area contributed by atoms with Crippen LogP contribution in [0, 0.1) is 16.7 Å². The Hall–Kier alpha value is -0.980. The van der Waals surface area contributed by atoms with E-state index in [0.29, 0.717) is 5.57 Å². The predicted molar refractivity (Wildman–Crippen MR) is 65.7 cm³/mol. The fourth-order valence-electron chi connectivity index (χ4n) is 2.08. The van der Waals surface area contributed by atoms with E-state index in [4.69, 9.17) is 10.4 Å². The Morgan fingerprint density at radius 1 is 1.73 bits per heavy atom. The van der Waals surface area contributed by atoms with Crippen molar-refractivity contribution in [3.8, 4) is 6.07 Å². The molecule has 0 heterocycles. The van der Waals surface area contributed by atoms with Crippen LogP contribution in [0.25, 0.3) is 0 Å². The summed E-state index contributed by atoms with van der Waals surface area (Å²) in [7, 11) is 0. The zero-order valence-electron chi connectivity index (χ0n) is 9.05. The molecule has 1 atom stereocenters. The number of nitriles is 1. The lowest BCUT2D eigenvalue weighted by molar-refractivity contribution is 0.434. The summed E-state index contributed by atoms with van der Waals surface area (Å²) in [6, 6.07) is 2.12. The maximum absolute atomic E-state index is 8.96. The molecule has 3 heteroatoms. The second kappa shape index (κ2) is 4.69. The molecule has 2 N–H and O–H groups in total. The van der Waals surface area contributed by atoms with Crippen LogP contribution in [0.3, 0.4) is 0 Å². The molecule has 1 aliphatic rings. The SMILES string of the molecule is C=CC1(C)CCCC(SN)=C1C(=C)C#N. The van der Waals surface area contributed by atoms with E-state index in [1.165, 1.54) is 11.9 Å². The predicted octanol–water partition coefficient (Wildman–Crippen LogP) is 3.30. The van der Waals surface area contributed by atoms with Gasteiger partial charge in [0.1, 0.15) is 0 Å². The highest BCUT2D eigenvalue weighted by atomic mass is 32.2. The normalized spacial score (nSPS) is 25.9. The van der Waals surface area contributed by atoms with Crippen LogP contribution >= 0.6 is 11.9 Å². The van der Waals surface area contributed by atoms with E-state index in [9.17, 15) is 0 Å². The lowest BCUT2D eigenvalue weighted by Crippen LogP contribution is -2.22. The fourth-order valence-corrected chi connectivity index (χ4v) is 2.81. The molecule has 15 heavy (non-hydrogen) atoms. The zero-order valence-corrected chi connectivity index (χ0v) is 9.86. The maximum atomic E-state index is 8.96. The van der Waals surface area contributed by atoms with Gasteiger partial charge in [-0.2, -0.15) is 5.26 Å². The van der Waals surface area contributed by atoms with Crippen molar-refractivity contribution in [1.82, 2.24) is 0 Å². The van der Waals surface area contributed by atoms with Crippen LogP contribution in [-0.2, 0) is 0 Å². The van der Waals surface area contributed by atoms with Gasteiger partial charge in [-0.1, -0.05) is 31.5 Å². The summed E-state index contributed by atoms with van der Waals surface area (Å²) < 4.78 is 0. The van der Waals surface area contributed by atoms with Gasteiger partial charge in [0, 0.05) is 15.9 Å². The quantitative estimate of drug-likeness (QED) is 0.451. The van der Waals surface area contributed by atoms with Gasteiger partial charge in [0.15, 0.2) is 0 Å². The highest BCUT2D eigenvalue weighted by Crippen LogP contribution is 2.46. The van der Waals surface area contributed by atoms with Gasteiger partial charge in [0.05, 0.1) is 6.07 Å². The molecular formula is C12H16N2S. The van der Waals surface area contributed by atoms with Gasteiger partial charge in [-0.15, -0.1) is 6.58 Å². The molecule has 0 radical (unpaired) electrons. The van der Waals surface area contributed by atoms with Crippen LogP contribution in [0.2, 0.25) is 0 Å². The molecule has 0 aliphatic heterocycles. The summed E-state index contributed by atoms with van der Waals surface area (Å²) in [6.45, 7) is 9.75. The van der Waals surface area contributed by atoms with Crippen LogP contribution in [0.5, 0.6) is 0 Å². The Bertz CT molecular complexity index is 362. The number of nitrogens with two attached hydrogens (primary N) is 1. The van der Waals surface area contributed by atoms with Crippen molar-refractivity contribution < 1.29 is 0 Å². The summed E-state index contributed by atoms with van der Waals surface area (Å²) in [6.07, 6.45) is 4.95. The molecule has 0 saturated heterocycles. The van der Waals surface area contributed by atoms with Crippen LogP contribution in [0.4, 0.5) is 0 Å². The van der Waals surface area contributed by atoms with Crippen molar-refractivity contribution in [2.45, 2.75) is 26.2 Å². The van der Waals surface area contributed by atoms with Gasteiger partial charge >= 0.3 is 0 Å². The second-order valence-electron chi connectivity index (χ2n) is 3.98. The summed E-state index contributed by atoms with van der Waals surface area (Å²) in [5, 5.41) is 14.6. The average Bonchev–Trinajstić information content (AvgIpc) is 2.27. The van der Waals surface area contributed by atoms with Crippen molar-refractivity contribution in [3.05, 3.63) is 35.3 Å². The van der Waals surface area contributed by atoms with Crippen molar-refractivity contribution in [3.63, 3.8) is 0 Å². The molecule has 1 unspecified atom stereocenters. The van der Waals surface area contributed by atoms with E-state index in [2.05, 4.69) is 26.2 Å². The van der Waals surface area contributed by atoms with Gasteiger partial charge in [-0.3, -0.25) is 5.14 Å². The molecular weight excluding hydrogens is 204 g/mol. The molecule has 1 rings (SSSR count). The lowest BCUT2D eigenvalue weighted by Gasteiger charge is -2.34. The minimum Gasteiger partial charge on any atom is -0.274 e. The zero-order chi connectivity index (χ0) is 11.5. The first-order valence-electron chi connectivity index (χ1n) is 4.92. The van der Waals surface area contributed by atoms with E-state index < -0.39 is 0 Å². The van der Waals surface area contributed by atoms with Crippen LogP contribution in [-0.4, -0.2) is 0 Å². The first-order chi connectivity index (χ1) is 7.09. The van der Waals surface area contributed by atoms with Crippen molar-refractivity contribution >= 4 is 11.9 Å². The van der Waals surface area contributed by atoms with Gasteiger partial charge in [0.2, 0.25) is 0 Å². The largest absolute Gasteiger partial charge is 0.274 e. The fraction of sp³-hybridized carbons (Fsp3) is 0.417. The summed E-state index contributed by atoms with van der Waals surface area (Å²) >= 11 is 1.24. The Morgan fingerprint density at radius 2 is 2.40 bits per heavy atom. The number of hydrogen-bond donors (Lipinski definition) is 1. The first kappa shape index (κ1) is 12.1. The van der Waals surface area contributed by atoms with Crippen molar-refractivity contribution in [2.75, 3.05) is 0 Å². The molecule has 80 valence electrons. The van der Waals surface area contributed by atoms with E-state index in [-0.39, 0.29) is 5.41 Å². The van der Waals surface area contributed by atoms with Crippen molar-refractivity contribution in [1.29, 1.82) is 5.26 Å². The van der Waals surface area contributed by atoms with Crippen LogP contribution in [0.15, 0.2) is 35.3 Å². The topological polar surface area (TPSA) is 49.8 Å². The standard InChI is InChI=1S/C12H16N2S/c1-4-12(3)7-5-6-10(15-14)11(12)9(2)8-13/h4H,1-2,5-7,14H2,3H3. The smallest absolute Gasteiger partial charge is 0.0988 e. The van der Waals surface area contributed by atoms with Crippen LogP contribution < -0.4 is 5.14 Å². The van der Waals surface area contributed by atoms with E-state index in [1.807, 2.05) is 6.08 Å². The number of allylic oxidation sites excluding steroid dienone is 4. The molecule has 0 aromatic rings. The molecule has 0 spiro atoms. The molecule has 0 bridgehead atoms. The number of hydrogen-bond acceptors (Lipinski definition) is 3. The Balaban J connectivity index is 3.29. The summed E-state index contributed by atoms with van der Waals surface area (Å²) in [5.41, 5.74) is 1.36. The minimum atomic E-state index is -0.146. The number of nitrogens with zero attached hydrogens (tertiary/aromatic N) is 1. The third kappa shape index (κ3) is 2.17.